The first-order valence-electron chi connectivity index (χ1n) is 6.63. The van der Waals surface area contributed by atoms with Crippen molar-refractivity contribution in [3.63, 3.8) is 0 Å². The fraction of sp³-hybridized carbons (Fsp3) is 0.400. The number of halogens is 2. The molecule has 0 aliphatic carbocycles. The third kappa shape index (κ3) is 3.10. The summed E-state index contributed by atoms with van der Waals surface area (Å²) < 4.78 is 2.03. The van der Waals surface area contributed by atoms with E-state index in [4.69, 9.17) is 23.2 Å². The second-order valence-corrected chi connectivity index (χ2v) is 6.02. The molecule has 1 aromatic carbocycles. The molecule has 0 aliphatic rings. The van der Waals surface area contributed by atoms with Gasteiger partial charge in [0.15, 0.2) is 0 Å². The first-order valence-corrected chi connectivity index (χ1v) is 7.39. The fourth-order valence-electron chi connectivity index (χ4n) is 2.27. The van der Waals surface area contributed by atoms with E-state index in [0.717, 1.165) is 22.6 Å². The number of nitrogens with one attached hydrogen (secondary N) is 1. The van der Waals surface area contributed by atoms with Gasteiger partial charge in [0, 0.05) is 22.6 Å². The molecule has 0 unspecified atom stereocenters. The minimum Gasteiger partial charge on any atom is -0.378 e. The van der Waals surface area contributed by atoms with E-state index < -0.39 is 0 Å². The van der Waals surface area contributed by atoms with E-state index in [-0.39, 0.29) is 0 Å². The second-order valence-electron chi connectivity index (χ2n) is 5.17. The maximum absolute atomic E-state index is 6.19. The quantitative estimate of drug-likeness (QED) is 0.861. The van der Waals surface area contributed by atoms with Crippen molar-refractivity contribution in [2.24, 2.45) is 0 Å². The Labute approximate surface area is 129 Å². The minimum atomic E-state index is 0.350. The lowest BCUT2D eigenvalue weighted by Gasteiger charge is -2.11. The fourth-order valence-corrected chi connectivity index (χ4v) is 2.75. The molecule has 0 spiro atoms. The predicted molar refractivity (Wildman–Crippen MR) is 85.9 cm³/mol. The van der Waals surface area contributed by atoms with E-state index in [1.54, 1.807) is 6.07 Å². The minimum absolute atomic E-state index is 0.350. The molecule has 0 radical (unpaired) electrons. The van der Waals surface area contributed by atoms with E-state index in [9.17, 15) is 0 Å². The Morgan fingerprint density at radius 2 is 1.95 bits per heavy atom. The molecular weight excluding hydrogens is 293 g/mol. The lowest BCUT2D eigenvalue weighted by Crippen LogP contribution is -2.06. The van der Waals surface area contributed by atoms with Crippen LogP contribution in [0, 0.1) is 13.8 Å². The number of hydrogen-bond donors (Lipinski definition) is 1. The molecule has 2 aromatic rings. The summed E-state index contributed by atoms with van der Waals surface area (Å²) in [6.07, 6.45) is 0. The summed E-state index contributed by atoms with van der Waals surface area (Å²) in [4.78, 5) is 0. The molecule has 0 atom stereocenters. The number of nitrogens with zero attached hydrogens (tertiary/aromatic N) is 2. The van der Waals surface area contributed by atoms with Crippen molar-refractivity contribution >= 4 is 28.9 Å². The van der Waals surface area contributed by atoms with Crippen LogP contribution in [0.3, 0.4) is 0 Å². The number of rotatable bonds is 4. The Morgan fingerprint density at radius 1 is 1.25 bits per heavy atom. The molecule has 0 saturated heterocycles. The van der Waals surface area contributed by atoms with Crippen LogP contribution in [0.5, 0.6) is 0 Å². The van der Waals surface area contributed by atoms with Gasteiger partial charge in [-0.15, -0.1) is 0 Å². The molecule has 0 fully saturated rings. The Balaban J connectivity index is 2.19. The Bertz CT molecular complexity index is 618. The molecule has 0 saturated carbocycles. The van der Waals surface area contributed by atoms with Gasteiger partial charge in [-0.3, -0.25) is 4.68 Å². The van der Waals surface area contributed by atoms with Crippen molar-refractivity contribution in [2.75, 3.05) is 5.32 Å². The molecule has 0 bridgehead atoms. The van der Waals surface area contributed by atoms with Crippen molar-refractivity contribution in [1.29, 1.82) is 0 Å². The van der Waals surface area contributed by atoms with Gasteiger partial charge in [-0.2, -0.15) is 5.10 Å². The molecule has 1 N–H and O–H groups in total. The highest BCUT2D eigenvalue weighted by Gasteiger charge is 2.13. The summed E-state index contributed by atoms with van der Waals surface area (Å²) >= 11 is 12.1. The van der Waals surface area contributed by atoms with Crippen LogP contribution in [0.2, 0.25) is 10.0 Å². The SMILES string of the molecule is Cc1nn(C(C)C)c(C)c1NCc1ccc(Cl)cc1Cl. The van der Waals surface area contributed by atoms with Crippen LogP contribution >= 0.6 is 23.2 Å². The van der Waals surface area contributed by atoms with Crippen LogP contribution in [0.1, 0.15) is 36.8 Å². The molecule has 0 aliphatic heterocycles. The summed E-state index contributed by atoms with van der Waals surface area (Å²) in [5, 5.41) is 9.31. The van der Waals surface area contributed by atoms with Gasteiger partial charge < -0.3 is 5.32 Å². The van der Waals surface area contributed by atoms with Gasteiger partial charge in [-0.1, -0.05) is 29.3 Å². The van der Waals surface area contributed by atoms with Gasteiger partial charge in [0.25, 0.3) is 0 Å². The third-order valence-electron chi connectivity index (χ3n) is 3.28. The van der Waals surface area contributed by atoms with Crippen LogP contribution in [0.4, 0.5) is 5.69 Å². The Morgan fingerprint density at radius 3 is 2.50 bits per heavy atom. The van der Waals surface area contributed by atoms with Gasteiger partial charge in [-0.05, 0) is 45.4 Å². The van der Waals surface area contributed by atoms with E-state index in [1.165, 1.54) is 0 Å². The zero-order chi connectivity index (χ0) is 14.9. The summed E-state index contributed by atoms with van der Waals surface area (Å²) in [6, 6.07) is 5.90. The number of anilines is 1. The number of benzene rings is 1. The summed E-state index contributed by atoms with van der Waals surface area (Å²) in [5.74, 6) is 0. The molecule has 5 heteroatoms. The highest BCUT2D eigenvalue weighted by molar-refractivity contribution is 6.35. The highest BCUT2D eigenvalue weighted by Crippen LogP contribution is 2.25. The number of hydrogen-bond acceptors (Lipinski definition) is 2. The van der Waals surface area contributed by atoms with Crippen molar-refractivity contribution in [1.82, 2.24) is 9.78 Å². The van der Waals surface area contributed by atoms with Gasteiger partial charge in [0.05, 0.1) is 17.1 Å². The van der Waals surface area contributed by atoms with Gasteiger partial charge in [0.1, 0.15) is 0 Å². The average Bonchev–Trinajstić information content (AvgIpc) is 2.65. The topological polar surface area (TPSA) is 29.9 Å². The third-order valence-corrected chi connectivity index (χ3v) is 3.87. The van der Waals surface area contributed by atoms with E-state index in [0.29, 0.717) is 22.6 Å². The molecule has 20 heavy (non-hydrogen) atoms. The van der Waals surface area contributed by atoms with E-state index in [2.05, 4.69) is 31.2 Å². The largest absolute Gasteiger partial charge is 0.378 e. The monoisotopic (exact) mass is 311 g/mol. The smallest absolute Gasteiger partial charge is 0.0828 e. The number of aromatic nitrogens is 2. The normalized spacial score (nSPS) is 11.2. The molecule has 1 heterocycles. The summed E-state index contributed by atoms with van der Waals surface area (Å²) in [7, 11) is 0. The molecule has 1 aromatic heterocycles. The zero-order valence-electron chi connectivity index (χ0n) is 12.2. The standard InChI is InChI=1S/C15H19Cl2N3/c1-9(2)20-11(4)15(10(3)19-20)18-8-12-5-6-13(16)7-14(12)17/h5-7,9,18H,8H2,1-4H3. The van der Waals surface area contributed by atoms with Crippen LogP contribution in [-0.4, -0.2) is 9.78 Å². The predicted octanol–water partition coefficient (Wildman–Crippen LogP) is 5.00. The van der Waals surface area contributed by atoms with Gasteiger partial charge in [0.2, 0.25) is 0 Å². The number of aryl methyl sites for hydroxylation is 1. The van der Waals surface area contributed by atoms with Crippen LogP contribution in [0.25, 0.3) is 0 Å². The van der Waals surface area contributed by atoms with Gasteiger partial charge in [-0.25, -0.2) is 0 Å². The lowest BCUT2D eigenvalue weighted by atomic mass is 10.2. The van der Waals surface area contributed by atoms with Crippen LogP contribution in [0.15, 0.2) is 18.2 Å². The Hall–Kier alpha value is -1.19. The van der Waals surface area contributed by atoms with Crippen molar-refractivity contribution in [2.45, 2.75) is 40.3 Å². The van der Waals surface area contributed by atoms with Crippen molar-refractivity contribution in [3.8, 4) is 0 Å². The summed E-state index contributed by atoms with van der Waals surface area (Å²) in [5.41, 5.74) is 4.24. The van der Waals surface area contributed by atoms with Gasteiger partial charge >= 0.3 is 0 Å². The highest BCUT2D eigenvalue weighted by atomic mass is 35.5. The molecule has 3 nitrogen and oxygen atoms in total. The van der Waals surface area contributed by atoms with Crippen LogP contribution in [-0.2, 0) is 6.54 Å². The van der Waals surface area contributed by atoms with Crippen LogP contribution < -0.4 is 5.32 Å². The molecule has 2 rings (SSSR count). The second kappa shape index (κ2) is 6.06. The van der Waals surface area contributed by atoms with E-state index in [1.807, 2.05) is 23.7 Å². The van der Waals surface area contributed by atoms with E-state index >= 15 is 0 Å². The lowest BCUT2D eigenvalue weighted by molar-refractivity contribution is 0.516. The maximum Gasteiger partial charge on any atom is 0.0828 e. The molecule has 0 amide bonds. The first kappa shape index (κ1) is 15.2. The molecule has 108 valence electrons. The maximum atomic E-state index is 6.19. The average molecular weight is 312 g/mol. The van der Waals surface area contributed by atoms with Crippen molar-refractivity contribution < 1.29 is 0 Å². The van der Waals surface area contributed by atoms with Crippen molar-refractivity contribution in [3.05, 3.63) is 45.2 Å². The Kier molecular flexibility index (Phi) is 4.61. The first-order chi connectivity index (χ1) is 9.40. The summed E-state index contributed by atoms with van der Waals surface area (Å²) in [6.45, 7) is 8.99. The molecular formula is C15H19Cl2N3. The zero-order valence-corrected chi connectivity index (χ0v) is 13.7.